The summed E-state index contributed by atoms with van der Waals surface area (Å²) < 4.78 is 80.3. The summed E-state index contributed by atoms with van der Waals surface area (Å²) >= 11 is 0. The minimum Gasteiger partial charge on any atom is -0.279 e. The average Bonchev–Trinajstić information content (AvgIpc) is 1.82. The quantitative estimate of drug-likeness (QED) is 0.361. The summed E-state index contributed by atoms with van der Waals surface area (Å²) in [5.74, 6) is 4.22. The van der Waals surface area contributed by atoms with Gasteiger partial charge in [0.2, 0.25) is 0 Å². The van der Waals surface area contributed by atoms with E-state index in [0.717, 1.165) is 6.26 Å². The van der Waals surface area contributed by atoms with Gasteiger partial charge in [-0.05, 0) is 0 Å². The molecule has 0 aliphatic rings. The van der Waals surface area contributed by atoms with Gasteiger partial charge >= 0.3 is 15.6 Å². The third-order valence-electron chi connectivity index (χ3n) is 0.467. The van der Waals surface area contributed by atoms with Crippen molar-refractivity contribution in [1.82, 2.24) is 0 Å². The van der Waals surface area contributed by atoms with Gasteiger partial charge in [0.1, 0.15) is 0 Å². The lowest BCUT2D eigenvalue weighted by atomic mass is 11.6. The van der Waals surface area contributed by atoms with E-state index in [1.54, 1.807) is 0 Å². The fraction of sp³-hybridized carbons (Fsp3) is 1.00. The average molecular weight is 261 g/mol. The molecule has 0 aromatic heterocycles. The molecular formula is C2H6F3NO6S2. The molecule has 0 unspecified atom stereocenters. The molecule has 0 aliphatic carbocycles. The highest BCUT2D eigenvalue weighted by molar-refractivity contribution is 7.86. The van der Waals surface area contributed by atoms with E-state index in [1.165, 1.54) is 0 Å². The van der Waals surface area contributed by atoms with Gasteiger partial charge in [0.05, 0.1) is 6.26 Å². The van der Waals surface area contributed by atoms with Crippen molar-refractivity contribution in [3.05, 3.63) is 0 Å². The highest BCUT2D eigenvalue weighted by Crippen LogP contribution is 2.20. The lowest BCUT2D eigenvalue weighted by Gasteiger charge is -1.97. The Morgan fingerprint density at radius 2 is 1.36 bits per heavy atom. The number of hydrogen-bond acceptors (Lipinski definition) is 6. The Labute approximate surface area is 77.5 Å². The first kappa shape index (κ1) is 16.0. The molecule has 88 valence electrons. The van der Waals surface area contributed by atoms with Crippen LogP contribution in [0.1, 0.15) is 0 Å². The molecular weight excluding hydrogens is 255 g/mol. The summed E-state index contributed by atoms with van der Waals surface area (Å²) in [4.78, 5) is 0. The number of halogens is 3. The Kier molecular flexibility index (Phi) is 5.58. The normalized spacial score (nSPS) is 13.0. The zero-order chi connectivity index (χ0) is 12.2. The summed E-state index contributed by atoms with van der Waals surface area (Å²) in [6.45, 7) is 0. The fourth-order valence-corrected chi connectivity index (χ4v) is 0. The molecule has 0 fully saturated rings. The molecule has 12 heteroatoms. The zero-order valence-electron chi connectivity index (χ0n) is 6.52. The van der Waals surface area contributed by atoms with Crippen LogP contribution in [0.4, 0.5) is 13.2 Å². The largest absolute Gasteiger partial charge is 0.522 e. The van der Waals surface area contributed by atoms with Crippen molar-refractivity contribution in [2.75, 3.05) is 6.26 Å². The predicted molar refractivity (Wildman–Crippen MR) is 37.7 cm³/mol. The number of alkyl halides is 3. The van der Waals surface area contributed by atoms with Gasteiger partial charge in [-0.1, -0.05) is 0 Å². The van der Waals surface area contributed by atoms with E-state index in [9.17, 15) is 21.6 Å². The maximum Gasteiger partial charge on any atom is 0.522 e. The van der Waals surface area contributed by atoms with E-state index in [-0.39, 0.29) is 0 Å². The second-order valence-corrected chi connectivity index (χ2v) is 4.73. The Balaban J connectivity index is 0. The summed E-state index contributed by atoms with van der Waals surface area (Å²) in [7, 11) is -9.22. The van der Waals surface area contributed by atoms with Crippen LogP contribution in [0.2, 0.25) is 0 Å². The molecule has 7 nitrogen and oxygen atoms in total. The van der Waals surface area contributed by atoms with Gasteiger partial charge in [0, 0.05) is 0 Å². The predicted octanol–water partition coefficient (Wildman–Crippen LogP) is -0.770. The highest BCUT2D eigenvalue weighted by atomic mass is 32.2. The van der Waals surface area contributed by atoms with E-state index in [4.69, 9.17) is 13.0 Å². The molecule has 0 aliphatic heterocycles. The van der Waals surface area contributed by atoms with Crippen LogP contribution in [0.25, 0.3) is 0 Å². The molecule has 0 saturated carbocycles. The van der Waals surface area contributed by atoms with Crippen molar-refractivity contribution in [1.29, 1.82) is 0 Å². The third kappa shape index (κ3) is 9.66. The molecule has 0 bridgehead atoms. The lowest BCUT2D eigenvalue weighted by molar-refractivity contribution is -0.0510. The fourth-order valence-electron chi connectivity index (χ4n) is 0. The standard InChI is InChI=1S/CHF3O3S.CH5NO3S/c2-1(3,4)8(5,6)7;1-6(3,4)5-2/h(H,5,6,7);2H2,1H3. The molecule has 3 N–H and O–H groups in total. The van der Waals surface area contributed by atoms with Gasteiger partial charge in [-0.3, -0.25) is 4.55 Å². The van der Waals surface area contributed by atoms with E-state index in [1.807, 2.05) is 0 Å². The van der Waals surface area contributed by atoms with Gasteiger partial charge in [0.25, 0.3) is 10.1 Å². The lowest BCUT2D eigenvalue weighted by Crippen LogP contribution is -2.21. The van der Waals surface area contributed by atoms with E-state index in [0.29, 0.717) is 0 Å². The van der Waals surface area contributed by atoms with Crippen molar-refractivity contribution in [2.45, 2.75) is 5.51 Å². The monoisotopic (exact) mass is 261 g/mol. The van der Waals surface area contributed by atoms with Crippen molar-refractivity contribution in [3.8, 4) is 0 Å². The number of rotatable bonds is 1. The van der Waals surface area contributed by atoms with Gasteiger partial charge in [-0.15, -0.1) is 0 Å². The van der Waals surface area contributed by atoms with Crippen molar-refractivity contribution in [3.63, 3.8) is 0 Å². The maximum absolute atomic E-state index is 10.7. The van der Waals surface area contributed by atoms with Gasteiger partial charge < -0.3 is 0 Å². The zero-order valence-corrected chi connectivity index (χ0v) is 8.15. The van der Waals surface area contributed by atoms with Crippen LogP contribution in [0.3, 0.4) is 0 Å². The molecule has 0 aromatic carbocycles. The minimum absolute atomic E-state index is 0.868. The van der Waals surface area contributed by atoms with Crippen molar-refractivity contribution >= 4 is 20.2 Å². The van der Waals surface area contributed by atoms with Crippen LogP contribution in [0.15, 0.2) is 0 Å². The Bertz CT molecular complexity index is 353. The Morgan fingerprint density at radius 1 is 1.21 bits per heavy atom. The Morgan fingerprint density at radius 3 is 1.36 bits per heavy atom. The molecule has 14 heavy (non-hydrogen) atoms. The molecule has 0 heterocycles. The topological polar surface area (TPSA) is 124 Å². The number of hydrogen-bond donors (Lipinski definition) is 2. The van der Waals surface area contributed by atoms with Crippen LogP contribution < -0.4 is 5.90 Å². The van der Waals surface area contributed by atoms with Crippen LogP contribution in [0.5, 0.6) is 0 Å². The highest BCUT2D eigenvalue weighted by Gasteiger charge is 2.44. The van der Waals surface area contributed by atoms with Gasteiger partial charge in [-0.25, -0.2) is 0 Å². The number of nitrogens with two attached hydrogens (primary N) is 1. The molecule has 0 amide bonds. The minimum atomic E-state index is -5.84. The first-order valence-corrected chi connectivity index (χ1v) is 5.69. The Hall–Kier alpha value is -0.430. The first-order valence-electron chi connectivity index (χ1n) is 2.43. The summed E-state index contributed by atoms with van der Waals surface area (Å²) in [6.07, 6.45) is 0.868. The second-order valence-electron chi connectivity index (χ2n) is 1.72. The summed E-state index contributed by atoms with van der Waals surface area (Å²) in [5, 5.41) is 0. The van der Waals surface area contributed by atoms with Crippen molar-refractivity contribution in [2.24, 2.45) is 5.90 Å². The van der Waals surface area contributed by atoms with E-state index in [2.05, 4.69) is 10.2 Å². The first-order chi connectivity index (χ1) is 5.81. The van der Waals surface area contributed by atoms with Crippen LogP contribution >= 0.6 is 0 Å². The molecule has 0 aromatic rings. The molecule has 0 spiro atoms. The summed E-state index contributed by atoms with van der Waals surface area (Å²) in [6, 6.07) is 0. The van der Waals surface area contributed by atoms with Gasteiger partial charge in [0.15, 0.2) is 0 Å². The maximum atomic E-state index is 10.7. The van der Waals surface area contributed by atoms with Crippen LogP contribution in [-0.4, -0.2) is 33.2 Å². The molecule has 0 atom stereocenters. The third-order valence-corrected chi connectivity index (χ3v) is 1.40. The van der Waals surface area contributed by atoms with Gasteiger partial charge in [-0.2, -0.15) is 40.2 Å². The van der Waals surface area contributed by atoms with Crippen LogP contribution in [-0.2, 0) is 24.5 Å². The molecule has 0 saturated heterocycles. The summed E-state index contributed by atoms with van der Waals surface area (Å²) in [5.41, 5.74) is -5.53. The molecule has 0 rings (SSSR count). The van der Waals surface area contributed by atoms with E-state index < -0.39 is 25.7 Å². The SMILES string of the molecule is CS(=O)(=O)ON.O=S(=O)(O)C(F)(F)F. The smallest absolute Gasteiger partial charge is 0.279 e. The molecule has 0 radical (unpaired) electrons. The second kappa shape index (κ2) is 4.88. The van der Waals surface area contributed by atoms with Crippen molar-refractivity contribution < 1.29 is 38.8 Å². The van der Waals surface area contributed by atoms with E-state index >= 15 is 0 Å². The van der Waals surface area contributed by atoms with Crippen LogP contribution in [0, 0.1) is 0 Å².